The van der Waals surface area contributed by atoms with Crippen molar-refractivity contribution in [1.82, 2.24) is 25.1 Å². The second-order valence-corrected chi connectivity index (χ2v) is 8.51. The number of nitrogens with zero attached hydrogens (tertiary/aromatic N) is 4. The van der Waals surface area contributed by atoms with Gasteiger partial charge in [0.15, 0.2) is 5.65 Å². The van der Waals surface area contributed by atoms with Crippen molar-refractivity contribution in [3.8, 4) is 5.69 Å². The van der Waals surface area contributed by atoms with Gasteiger partial charge in [-0.3, -0.25) is 4.79 Å². The molecule has 30 heavy (non-hydrogen) atoms. The molecule has 7 heteroatoms. The summed E-state index contributed by atoms with van der Waals surface area (Å²) in [5.41, 5.74) is 2.72. The van der Waals surface area contributed by atoms with Gasteiger partial charge in [0.05, 0.1) is 16.8 Å². The number of hydrogen-bond acceptors (Lipinski definition) is 5. The smallest absolute Gasteiger partial charge is 0.222 e. The van der Waals surface area contributed by atoms with Crippen molar-refractivity contribution < 1.29 is 4.79 Å². The molecule has 1 aliphatic rings. The van der Waals surface area contributed by atoms with E-state index in [1.807, 2.05) is 62.7 Å². The van der Waals surface area contributed by atoms with Gasteiger partial charge in [0.2, 0.25) is 5.91 Å². The first-order valence-electron chi connectivity index (χ1n) is 10.8. The van der Waals surface area contributed by atoms with Crippen LogP contribution < -0.4 is 10.6 Å². The zero-order valence-electron chi connectivity index (χ0n) is 18.1. The lowest BCUT2D eigenvalue weighted by Crippen LogP contribution is -2.41. The summed E-state index contributed by atoms with van der Waals surface area (Å²) in [6, 6.07) is 10.7. The van der Waals surface area contributed by atoms with Gasteiger partial charge in [0, 0.05) is 18.0 Å². The number of amides is 1. The number of aryl methyl sites for hydroxylation is 2. The van der Waals surface area contributed by atoms with E-state index in [0.717, 1.165) is 59.7 Å². The van der Waals surface area contributed by atoms with E-state index in [1.165, 1.54) is 0 Å². The van der Waals surface area contributed by atoms with Crippen molar-refractivity contribution in [2.75, 3.05) is 5.32 Å². The molecule has 4 rings (SSSR count). The van der Waals surface area contributed by atoms with Crippen LogP contribution in [0.15, 0.2) is 30.3 Å². The molecule has 0 saturated heterocycles. The van der Waals surface area contributed by atoms with Gasteiger partial charge in [0.25, 0.3) is 0 Å². The number of aromatic nitrogens is 4. The molecule has 3 aromatic rings. The number of para-hydroxylation sites is 1. The van der Waals surface area contributed by atoms with Crippen LogP contribution in [0.5, 0.6) is 0 Å². The Kier molecular flexibility index (Phi) is 5.70. The Balaban J connectivity index is 1.54. The minimum absolute atomic E-state index is 0.0299. The quantitative estimate of drug-likeness (QED) is 0.671. The average molecular weight is 407 g/mol. The van der Waals surface area contributed by atoms with Crippen LogP contribution in [0.2, 0.25) is 0 Å². The summed E-state index contributed by atoms with van der Waals surface area (Å²) in [5, 5.41) is 12.5. The number of carbonyl (C=O) groups excluding carboxylic acids is 1. The Bertz CT molecular complexity index is 1030. The topological polar surface area (TPSA) is 84.7 Å². The maximum atomic E-state index is 12.0. The van der Waals surface area contributed by atoms with Crippen molar-refractivity contribution in [1.29, 1.82) is 0 Å². The predicted octanol–water partition coefficient (Wildman–Crippen LogP) is 3.93. The minimum Gasteiger partial charge on any atom is -0.367 e. The first-order chi connectivity index (χ1) is 14.4. The molecule has 158 valence electrons. The molecular formula is C23H30N6O. The lowest BCUT2D eigenvalue weighted by atomic mass is 9.90. The molecule has 0 aliphatic heterocycles. The minimum atomic E-state index is 0.0299. The highest BCUT2D eigenvalue weighted by Crippen LogP contribution is 2.29. The van der Waals surface area contributed by atoms with Crippen LogP contribution in [0.1, 0.15) is 51.0 Å². The SMILES string of the molecule is Cc1nc(NC2CCC(NC(=O)C(C)C)CC2)c2c(C)nn(-c3ccccc3)c2n1. The highest BCUT2D eigenvalue weighted by atomic mass is 16.1. The fourth-order valence-electron chi connectivity index (χ4n) is 4.09. The van der Waals surface area contributed by atoms with Gasteiger partial charge in [-0.1, -0.05) is 32.0 Å². The Morgan fingerprint density at radius 1 is 1.03 bits per heavy atom. The molecule has 2 heterocycles. The Morgan fingerprint density at radius 2 is 1.70 bits per heavy atom. The molecular weight excluding hydrogens is 376 g/mol. The summed E-state index contributed by atoms with van der Waals surface area (Å²) < 4.78 is 1.89. The van der Waals surface area contributed by atoms with Crippen molar-refractivity contribution in [3.63, 3.8) is 0 Å². The Hall–Kier alpha value is -2.96. The van der Waals surface area contributed by atoms with E-state index in [-0.39, 0.29) is 17.9 Å². The molecule has 0 atom stereocenters. The van der Waals surface area contributed by atoms with E-state index in [2.05, 4.69) is 15.6 Å². The molecule has 1 amide bonds. The molecule has 0 bridgehead atoms. The van der Waals surface area contributed by atoms with Crippen molar-refractivity contribution in [2.45, 2.75) is 65.5 Å². The highest BCUT2D eigenvalue weighted by molar-refractivity contribution is 5.90. The van der Waals surface area contributed by atoms with Gasteiger partial charge in [0.1, 0.15) is 11.6 Å². The van der Waals surface area contributed by atoms with Gasteiger partial charge in [-0.05, 0) is 51.7 Å². The molecule has 0 spiro atoms. The summed E-state index contributed by atoms with van der Waals surface area (Å²) >= 11 is 0. The van der Waals surface area contributed by atoms with Gasteiger partial charge in [-0.25, -0.2) is 14.6 Å². The van der Waals surface area contributed by atoms with Crippen LogP contribution in [0.4, 0.5) is 5.82 Å². The van der Waals surface area contributed by atoms with Gasteiger partial charge >= 0.3 is 0 Å². The van der Waals surface area contributed by atoms with E-state index in [1.54, 1.807) is 0 Å². The molecule has 1 aliphatic carbocycles. The first kappa shape index (κ1) is 20.3. The van der Waals surface area contributed by atoms with Crippen molar-refractivity contribution in [3.05, 3.63) is 41.9 Å². The highest BCUT2D eigenvalue weighted by Gasteiger charge is 2.25. The van der Waals surface area contributed by atoms with E-state index in [4.69, 9.17) is 10.1 Å². The van der Waals surface area contributed by atoms with Crippen LogP contribution in [-0.4, -0.2) is 37.7 Å². The van der Waals surface area contributed by atoms with Crippen LogP contribution in [0, 0.1) is 19.8 Å². The normalized spacial score (nSPS) is 19.2. The summed E-state index contributed by atoms with van der Waals surface area (Å²) in [4.78, 5) is 21.4. The molecule has 0 unspecified atom stereocenters. The molecule has 0 radical (unpaired) electrons. The first-order valence-corrected chi connectivity index (χ1v) is 10.8. The van der Waals surface area contributed by atoms with E-state index < -0.39 is 0 Å². The largest absolute Gasteiger partial charge is 0.367 e. The zero-order chi connectivity index (χ0) is 21.3. The number of nitrogens with one attached hydrogen (secondary N) is 2. The maximum absolute atomic E-state index is 12.0. The standard InChI is InChI=1S/C23H30N6O/c1-14(2)23(30)27-18-12-10-17(11-13-18)26-21-20-15(3)28-29(19-8-6-5-7-9-19)22(20)25-16(4)24-21/h5-9,14,17-18H,10-13H2,1-4H3,(H,27,30)(H,24,25,26). The number of benzene rings is 1. The Labute approximate surface area is 177 Å². The zero-order valence-corrected chi connectivity index (χ0v) is 18.1. The fraction of sp³-hybridized carbons (Fsp3) is 0.478. The fourth-order valence-corrected chi connectivity index (χ4v) is 4.09. The average Bonchev–Trinajstić information content (AvgIpc) is 3.06. The van der Waals surface area contributed by atoms with Gasteiger partial charge in [-0.15, -0.1) is 0 Å². The molecule has 7 nitrogen and oxygen atoms in total. The third kappa shape index (κ3) is 4.15. The second-order valence-electron chi connectivity index (χ2n) is 8.51. The van der Waals surface area contributed by atoms with Crippen molar-refractivity contribution >= 4 is 22.8 Å². The van der Waals surface area contributed by atoms with Crippen LogP contribution in [-0.2, 0) is 4.79 Å². The second kappa shape index (κ2) is 8.42. The maximum Gasteiger partial charge on any atom is 0.222 e. The third-order valence-electron chi connectivity index (χ3n) is 5.75. The number of rotatable bonds is 5. The summed E-state index contributed by atoms with van der Waals surface area (Å²) in [5.74, 6) is 1.75. The van der Waals surface area contributed by atoms with Crippen molar-refractivity contribution in [2.24, 2.45) is 5.92 Å². The van der Waals surface area contributed by atoms with E-state index >= 15 is 0 Å². The molecule has 2 N–H and O–H groups in total. The number of carbonyl (C=O) groups is 1. The number of anilines is 1. The summed E-state index contributed by atoms with van der Waals surface area (Å²) in [6.45, 7) is 7.79. The number of hydrogen-bond donors (Lipinski definition) is 2. The molecule has 1 saturated carbocycles. The van der Waals surface area contributed by atoms with Crippen LogP contribution >= 0.6 is 0 Å². The molecule has 1 fully saturated rings. The molecule has 2 aromatic heterocycles. The number of fused-ring (bicyclic) bond motifs is 1. The van der Waals surface area contributed by atoms with Gasteiger partial charge in [-0.2, -0.15) is 5.10 Å². The van der Waals surface area contributed by atoms with E-state index in [9.17, 15) is 4.79 Å². The lowest BCUT2D eigenvalue weighted by molar-refractivity contribution is -0.124. The van der Waals surface area contributed by atoms with E-state index in [0.29, 0.717) is 6.04 Å². The summed E-state index contributed by atoms with van der Waals surface area (Å²) in [7, 11) is 0. The third-order valence-corrected chi connectivity index (χ3v) is 5.75. The van der Waals surface area contributed by atoms with Crippen LogP contribution in [0.3, 0.4) is 0 Å². The lowest BCUT2D eigenvalue weighted by Gasteiger charge is -2.30. The predicted molar refractivity (Wildman–Crippen MR) is 119 cm³/mol. The van der Waals surface area contributed by atoms with Gasteiger partial charge < -0.3 is 10.6 Å². The molecule has 1 aromatic carbocycles. The monoisotopic (exact) mass is 406 g/mol. The summed E-state index contributed by atoms with van der Waals surface area (Å²) in [6.07, 6.45) is 3.95. The Morgan fingerprint density at radius 3 is 2.37 bits per heavy atom. The van der Waals surface area contributed by atoms with Crippen LogP contribution in [0.25, 0.3) is 16.7 Å².